The largest absolute Gasteiger partial charge is 0.417 e. The van der Waals surface area contributed by atoms with Gasteiger partial charge >= 0.3 is 6.18 Å². The Bertz CT molecular complexity index is 821. The molecule has 0 fully saturated rings. The Labute approximate surface area is 138 Å². The van der Waals surface area contributed by atoms with Gasteiger partial charge in [-0.15, -0.1) is 16.2 Å². The maximum Gasteiger partial charge on any atom is 0.417 e. The Hall–Kier alpha value is -1.62. The molecule has 2 rings (SSSR count). The molecule has 0 unspecified atom stereocenters. The lowest BCUT2D eigenvalue weighted by Crippen LogP contribution is -2.41. The highest BCUT2D eigenvalue weighted by Crippen LogP contribution is 2.35. The lowest BCUT2D eigenvalue weighted by atomic mass is 10.2. The Morgan fingerprint density at radius 2 is 1.91 bits per heavy atom. The molecule has 1 aromatic heterocycles. The van der Waals surface area contributed by atoms with Crippen LogP contribution in [-0.4, -0.2) is 14.3 Å². The van der Waals surface area contributed by atoms with E-state index >= 15 is 0 Å². The van der Waals surface area contributed by atoms with Gasteiger partial charge in [-0.25, -0.2) is 8.42 Å². The first kappa shape index (κ1) is 17.7. The fraction of sp³-hybridized carbons (Fsp3) is 0.0833. The van der Waals surface area contributed by atoms with E-state index in [0.29, 0.717) is 6.07 Å². The van der Waals surface area contributed by atoms with Crippen LogP contribution in [-0.2, 0) is 16.2 Å². The lowest BCUT2D eigenvalue weighted by Gasteiger charge is -2.12. The van der Waals surface area contributed by atoms with Crippen LogP contribution in [0.15, 0.2) is 40.6 Å². The highest BCUT2D eigenvalue weighted by atomic mass is 35.5. The van der Waals surface area contributed by atoms with Crippen LogP contribution in [0.4, 0.5) is 13.2 Å². The van der Waals surface area contributed by atoms with Crippen LogP contribution in [0.25, 0.3) is 0 Å². The van der Waals surface area contributed by atoms with Crippen molar-refractivity contribution in [2.24, 2.45) is 0 Å². The maximum absolute atomic E-state index is 12.7. The van der Waals surface area contributed by atoms with Crippen LogP contribution in [0.2, 0.25) is 5.02 Å². The summed E-state index contributed by atoms with van der Waals surface area (Å²) in [4.78, 5) is 12.9. The number of benzene rings is 1. The van der Waals surface area contributed by atoms with E-state index in [1.54, 1.807) is 16.3 Å². The standard InChI is InChI=1S/C12H8ClF3N2O3S2/c13-9-4-3-7(6-8(9)12(14,15)16)23(20,21)18-17-11(19)10-2-1-5-22-10/h1-6,18H,(H,17,19). The van der Waals surface area contributed by atoms with Gasteiger partial charge in [0.05, 0.1) is 20.4 Å². The van der Waals surface area contributed by atoms with Gasteiger partial charge < -0.3 is 0 Å². The van der Waals surface area contributed by atoms with Gasteiger partial charge in [0.25, 0.3) is 15.9 Å². The molecule has 2 N–H and O–H groups in total. The zero-order valence-corrected chi connectivity index (χ0v) is 13.4. The number of carbonyl (C=O) groups is 1. The number of alkyl halides is 3. The van der Waals surface area contributed by atoms with E-state index in [0.717, 1.165) is 23.5 Å². The minimum absolute atomic E-state index is 0.236. The van der Waals surface area contributed by atoms with Crippen LogP contribution in [0, 0.1) is 0 Å². The molecule has 0 spiro atoms. The fourth-order valence-corrected chi connectivity index (χ4v) is 3.24. The quantitative estimate of drug-likeness (QED) is 0.795. The molecule has 11 heteroatoms. The van der Waals surface area contributed by atoms with E-state index < -0.39 is 37.6 Å². The number of hydrogen-bond donors (Lipinski definition) is 2. The summed E-state index contributed by atoms with van der Waals surface area (Å²) in [6, 6.07) is 5.15. The monoisotopic (exact) mass is 384 g/mol. The molecule has 23 heavy (non-hydrogen) atoms. The van der Waals surface area contributed by atoms with E-state index in [1.165, 1.54) is 6.07 Å². The van der Waals surface area contributed by atoms with Gasteiger partial charge in [0.2, 0.25) is 0 Å². The lowest BCUT2D eigenvalue weighted by molar-refractivity contribution is -0.137. The second-order valence-corrected chi connectivity index (χ2v) is 7.21. The van der Waals surface area contributed by atoms with Gasteiger partial charge in [0.1, 0.15) is 0 Å². The molecule has 5 nitrogen and oxygen atoms in total. The Kier molecular flexibility index (Phi) is 4.99. The molecule has 0 bridgehead atoms. The summed E-state index contributed by atoms with van der Waals surface area (Å²) >= 11 is 6.49. The van der Waals surface area contributed by atoms with Crippen molar-refractivity contribution in [2.45, 2.75) is 11.1 Å². The second kappa shape index (κ2) is 6.48. The van der Waals surface area contributed by atoms with Crippen LogP contribution in [0.3, 0.4) is 0 Å². The molecule has 0 atom stereocenters. The van der Waals surface area contributed by atoms with E-state index in [2.05, 4.69) is 0 Å². The molecule has 0 aliphatic heterocycles. The molecule has 2 aromatic rings. The predicted octanol–water partition coefficient (Wildman–Crippen LogP) is 3.04. The molecule has 1 heterocycles. The van der Waals surface area contributed by atoms with Crippen molar-refractivity contribution in [3.05, 3.63) is 51.2 Å². The van der Waals surface area contributed by atoms with Crippen LogP contribution in [0.5, 0.6) is 0 Å². The van der Waals surface area contributed by atoms with Crippen molar-refractivity contribution in [3.8, 4) is 0 Å². The summed E-state index contributed by atoms with van der Waals surface area (Å²) in [6.07, 6.45) is -4.80. The van der Waals surface area contributed by atoms with Gasteiger partial charge in [-0.3, -0.25) is 10.2 Å². The molecule has 1 amide bonds. The van der Waals surface area contributed by atoms with E-state index in [4.69, 9.17) is 11.6 Å². The molecular weight excluding hydrogens is 377 g/mol. The molecule has 0 saturated carbocycles. The molecule has 0 saturated heterocycles. The molecule has 0 aliphatic rings. The number of hydrazine groups is 1. The minimum Gasteiger partial charge on any atom is -0.273 e. The van der Waals surface area contributed by atoms with Crippen molar-refractivity contribution in [1.29, 1.82) is 0 Å². The molecule has 0 aliphatic carbocycles. The molecule has 124 valence electrons. The average molecular weight is 385 g/mol. The van der Waals surface area contributed by atoms with Crippen molar-refractivity contribution >= 4 is 38.9 Å². The summed E-state index contributed by atoms with van der Waals surface area (Å²) in [6.45, 7) is 0. The minimum atomic E-state index is -4.80. The Balaban J connectivity index is 2.21. The Morgan fingerprint density at radius 1 is 1.22 bits per heavy atom. The predicted molar refractivity (Wildman–Crippen MR) is 78.6 cm³/mol. The third kappa shape index (κ3) is 4.22. The highest BCUT2D eigenvalue weighted by molar-refractivity contribution is 7.89. The number of thiophene rings is 1. The second-order valence-electron chi connectivity index (χ2n) is 4.18. The molecule has 0 radical (unpaired) electrons. The highest BCUT2D eigenvalue weighted by Gasteiger charge is 2.34. The van der Waals surface area contributed by atoms with Crippen LogP contribution < -0.4 is 10.3 Å². The summed E-state index contributed by atoms with van der Waals surface area (Å²) in [5.41, 5.74) is 0.630. The zero-order valence-electron chi connectivity index (χ0n) is 11.0. The maximum atomic E-state index is 12.7. The summed E-state index contributed by atoms with van der Waals surface area (Å²) in [5, 5.41) is 0.983. The molecular formula is C12H8ClF3N2O3S2. The first-order valence-corrected chi connectivity index (χ1v) is 8.58. The average Bonchev–Trinajstić information content (AvgIpc) is 2.98. The van der Waals surface area contributed by atoms with Gasteiger partial charge in [0, 0.05) is 0 Å². The normalized spacial score (nSPS) is 12.2. The van der Waals surface area contributed by atoms with Crippen LogP contribution in [0.1, 0.15) is 15.2 Å². The summed E-state index contributed by atoms with van der Waals surface area (Å²) in [5.74, 6) is -0.728. The Morgan fingerprint density at radius 3 is 2.48 bits per heavy atom. The van der Waals surface area contributed by atoms with E-state index in [1.807, 2.05) is 5.43 Å². The number of hydrogen-bond acceptors (Lipinski definition) is 4. The first-order valence-electron chi connectivity index (χ1n) is 5.83. The smallest absolute Gasteiger partial charge is 0.273 e. The van der Waals surface area contributed by atoms with E-state index in [-0.39, 0.29) is 4.88 Å². The molecule has 1 aromatic carbocycles. The number of nitrogens with one attached hydrogen (secondary N) is 2. The number of amides is 1. The third-order valence-corrected chi connectivity index (χ3v) is 5.04. The number of sulfonamides is 1. The number of carbonyl (C=O) groups excluding carboxylic acids is 1. The first-order chi connectivity index (χ1) is 10.6. The zero-order chi connectivity index (χ0) is 17.3. The van der Waals surface area contributed by atoms with Crippen LogP contribution >= 0.6 is 22.9 Å². The number of halogens is 4. The third-order valence-electron chi connectivity index (χ3n) is 2.60. The van der Waals surface area contributed by atoms with Gasteiger partial charge in [0.15, 0.2) is 0 Å². The summed E-state index contributed by atoms with van der Waals surface area (Å²) < 4.78 is 62.2. The van der Waals surface area contributed by atoms with Crippen molar-refractivity contribution in [2.75, 3.05) is 0 Å². The fourth-order valence-electron chi connectivity index (χ4n) is 1.53. The van der Waals surface area contributed by atoms with E-state index in [9.17, 15) is 26.4 Å². The van der Waals surface area contributed by atoms with Gasteiger partial charge in [-0.2, -0.15) is 13.2 Å². The van der Waals surface area contributed by atoms with Gasteiger partial charge in [-0.1, -0.05) is 17.7 Å². The SMILES string of the molecule is O=C(NNS(=O)(=O)c1ccc(Cl)c(C(F)(F)F)c1)c1cccs1. The van der Waals surface area contributed by atoms with Crippen molar-refractivity contribution in [3.63, 3.8) is 0 Å². The topological polar surface area (TPSA) is 75.3 Å². The number of rotatable bonds is 4. The van der Waals surface area contributed by atoms with Gasteiger partial charge in [-0.05, 0) is 29.6 Å². The van der Waals surface area contributed by atoms with Crippen molar-refractivity contribution < 1.29 is 26.4 Å². The van der Waals surface area contributed by atoms with Crippen molar-refractivity contribution in [1.82, 2.24) is 10.3 Å². The summed E-state index contributed by atoms with van der Waals surface area (Å²) in [7, 11) is -4.38.